The lowest BCUT2D eigenvalue weighted by molar-refractivity contribution is -0.384. The molecule has 0 radical (unpaired) electrons. The van der Waals surface area contributed by atoms with Crippen LogP contribution in [0.5, 0.6) is 0 Å². The minimum Gasteiger partial charge on any atom is -0.465 e. The van der Waals surface area contributed by atoms with E-state index in [1.165, 1.54) is 0 Å². The van der Waals surface area contributed by atoms with Crippen molar-refractivity contribution in [2.24, 2.45) is 0 Å². The van der Waals surface area contributed by atoms with E-state index in [-0.39, 0.29) is 18.2 Å². The number of esters is 1. The largest absolute Gasteiger partial charge is 0.465 e. The van der Waals surface area contributed by atoms with Crippen LogP contribution in [0.25, 0.3) is 0 Å². The van der Waals surface area contributed by atoms with Crippen LogP contribution in [0.1, 0.15) is 25.8 Å². The summed E-state index contributed by atoms with van der Waals surface area (Å²) in [4.78, 5) is 24.2. The Morgan fingerprint density at radius 3 is 2.65 bits per heavy atom. The fourth-order valence-corrected chi connectivity index (χ4v) is 2.05. The van der Waals surface area contributed by atoms with E-state index in [0.717, 1.165) is 6.42 Å². The topological polar surface area (TPSA) is 72.7 Å². The van der Waals surface area contributed by atoms with Crippen LogP contribution in [0.2, 0.25) is 0 Å². The number of hydrogen-bond acceptors (Lipinski definition) is 5. The predicted octanol–water partition coefficient (Wildman–Crippen LogP) is 2.68. The second-order valence-electron chi connectivity index (χ2n) is 4.43. The zero-order valence-electron chi connectivity index (χ0n) is 12.1. The molecule has 0 heterocycles. The molecule has 0 aliphatic carbocycles. The molecule has 0 aliphatic heterocycles. The average molecular weight is 280 g/mol. The van der Waals surface area contributed by atoms with Gasteiger partial charge in [-0.2, -0.15) is 0 Å². The van der Waals surface area contributed by atoms with Crippen LogP contribution >= 0.6 is 0 Å². The summed E-state index contributed by atoms with van der Waals surface area (Å²) >= 11 is 0. The number of ether oxygens (including phenoxy) is 1. The molecule has 0 aromatic heterocycles. The number of carbonyl (C=O) groups excluding carboxylic acids is 1. The fourth-order valence-electron chi connectivity index (χ4n) is 2.05. The summed E-state index contributed by atoms with van der Waals surface area (Å²) in [6.45, 7) is 6.26. The molecule has 20 heavy (non-hydrogen) atoms. The lowest BCUT2D eigenvalue weighted by Crippen LogP contribution is -2.32. The van der Waals surface area contributed by atoms with Crippen LogP contribution in [0, 0.1) is 17.0 Å². The maximum absolute atomic E-state index is 11.6. The maximum atomic E-state index is 11.6. The van der Waals surface area contributed by atoms with Gasteiger partial charge in [0.1, 0.15) is 12.2 Å². The summed E-state index contributed by atoms with van der Waals surface area (Å²) in [5, 5.41) is 11.2. The van der Waals surface area contributed by atoms with E-state index in [4.69, 9.17) is 4.74 Å². The first kappa shape index (κ1) is 15.9. The van der Waals surface area contributed by atoms with Crippen molar-refractivity contribution in [1.29, 1.82) is 0 Å². The van der Waals surface area contributed by atoms with Crippen molar-refractivity contribution < 1.29 is 14.5 Å². The quantitative estimate of drug-likeness (QED) is 0.436. The maximum Gasteiger partial charge on any atom is 0.325 e. The molecule has 0 bridgehead atoms. The molecule has 0 unspecified atom stereocenters. The molecule has 0 saturated carbocycles. The number of nitrogens with zero attached hydrogens (tertiary/aromatic N) is 2. The Balaban J connectivity index is 3.11. The average Bonchev–Trinajstić information content (AvgIpc) is 2.37. The van der Waals surface area contributed by atoms with Gasteiger partial charge >= 0.3 is 5.97 Å². The van der Waals surface area contributed by atoms with E-state index in [2.05, 4.69) is 0 Å². The number of rotatable bonds is 7. The van der Waals surface area contributed by atoms with E-state index in [1.807, 2.05) is 6.92 Å². The van der Waals surface area contributed by atoms with Crippen molar-refractivity contribution >= 4 is 17.3 Å². The van der Waals surface area contributed by atoms with Crippen molar-refractivity contribution in [3.63, 3.8) is 0 Å². The summed E-state index contributed by atoms with van der Waals surface area (Å²) in [5.74, 6) is -0.378. The fraction of sp³-hybridized carbons (Fsp3) is 0.500. The molecule has 0 N–H and O–H groups in total. The van der Waals surface area contributed by atoms with Crippen LogP contribution in [0.3, 0.4) is 0 Å². The van der Waals surface area contributed by atoms with Gasteiger partial charge < -0.3 is 9.64 Å². The van der Waals surface area contributed by atoms with Gasteiger partial charge in [-0.05, 0) is 26.3 Å². The van der Waals surface area contributed by atoms with Crippen LogP contribution in [-0.2, 0) is 9.53 Å². The van der Waals surface area contributed by atoms with Gasteiger partial charge in [0.25, 0.3) is 5.69 Å². The van der Waals surface area contributed by atoms with Gasteiger partial charge in [0.05, 0.1) is 11.5 Å². The molecule has 0 amide bonds. The van der Waals surface area contributed by atoms with Gasteiger partial charge in [0.2, 0.25) is 0 Å². The first-order chi connectivity index (χ1) is 9.51. The van der Waals surface area contributed by atoms with Gasteiger partial charge in [-0.3, -0.25) is 14.9 Å². The van der Waals surface area contributed by atoms with Crippen molar-refractivity contribution in [1.82, 2.24) is 0 Å². The minimum absolute atomic E-state index is 0.0198. The molecule has 1 rings (SSSR count). The standard InChI is InChI=1S/C14H20N2O4/c1-4-9-15(10-13(17)20-5-2)12-8-6-7-11(3)14(12)16(18)19/h6-8H,4-5,9-10H2,1-3H3. The van der Waals surface area contributed by atoms with Crippen molar-refractivity contribution in [2.45, 2.75) is 27.2 Å². The Hall–Kier alpha value is -2.11. The number of para-hydroxylation sites is 1. The molecule has 0 atom stereocenters. The zero-order chi connectivity index (χ0) is 15.1. The molecule has 1 aromatic carbocycles. The zero-order valence-corrected chi connectivity index (χ0v) is 12.1. The summed E-state index contributed by atoms with van der Waals surface area (Å²) in [6.07, 6.45) is 0.782. The molecule has 0 spiro atoms. The van der Waals surface area contributed by atoms with E-state index in [1.54, 1.807) is 36.9 Å². The molecule has 6 nitrogen and oxygen atoms in total. The lowest BCUT2D eigenvalue weighted by Gasteiger charge is -2.23. The molecule has 0 fully saturated rings. The molecule has 0 saturated heterocycles. The Morgan fingerprint density at radius 1 is 1.40 bits per heavy atom. The third kappa shape index (κ3) is 3.94. The third-order valence-corrected chi connectivity index (χ3v) is 2.86. The number of carbonyl (C=O) groups is 1. The molecule has 6 heteroatoms. The monoisotopic (exact) mass is 280 g/mol. The molecular weight excluding hydrogens is 260 g/mol. The SMILES string of the molecule is CCCN(CC(=O)OCC)c1cccc(C)c1[N+](=O)[O-]. The predicted molar refractivity (Wildman–Crippen MR) is 77.0 cm³/mol. The van der Waals surface area contributed by atoms with E-state index >= 15 is 0 Å². The van der Waals surface area contributed by atoms with Gasteiger partial charge in [0, 0.05) is 12.1 Å². The Kier molecular flexibility index (Phi) is 5.96. The number of aryl methyl sites for hydroxylation is 1. The summed E-state index contributed by atoms with van der Waals surface area (Å²) in [7, 11) is 0. The van der Waals surface area contributed by atoms with Crippen LogP contribution in [0.15, 0.2) is 18.2 Å². The van der Waals surface area contributed by atoms with Crippen LogP contribution < -0.4 is 4.90 Å². The summed E-state index contributed by atoms with van der Waals surface area (Å²) < 4.78 is 4.92. The summed E-state index contributed by atoms with van der Waals surface area (Å²) in [5.41, 5.74) is 1.09. The summed E-state index contributed by atoms with van der Waals surface area (Å²) in [6, 6.07) is 5.11. The van der Waals surface area contributed by atoms with Gasteiger partial charge in [-0.15, -0.1) is 0 Å². The number of anilines is 1. The lowest BCUT2D eigenvalue weighted by atomic mass is 10.1. The van der Waals surface area contributed by atoms with E-state index < -0.39 is 4.92 Å². The Morgan fingerprint density at radius 2 is 2.10 bits per heavy atom. The van der Waals surface area contributed by atoms with Crippen LogP contribution in [-0.4, -0.2) is 30.6 Å². The van der Waals surface area contributed by atoms with Crippen molar-refractivity contribution in [3.05, 3.63) is 33.9 Å². The highest BCUT2D eigenvalue weighted by Gasteiger charge is 2.23. The number of nitro benzene ring substituents is 1. The normalized spacial score (nSPS) is 10.2. The molecule has 1 aromatic rings. The van der Waals surface area contributed by atoms with Gasteiger partial charge in [0.15, 0.2) is 0 Å². The number of hydrogen-bond donors (Lipinski definition) is 0. The highest BCUT2D eigenvalue weighted by Crippen LogP contribution is 2.31. The first-order valence-corrected chi connectivity index (χ1v) is 6.65. The van der Waals surface area contributed by atoms with Crippen molar-refractivity contribution in [2.75, 3.05) is 24.6 Å². The minimum atomic E-state index is -0.404. The van der Waals surface area contributed by atoms with E-state index in [0.29, 0.717) is 24.4 Å². The number of benzene rings is 1. The molecule has 0 aliphatic rings. The first-order valence-electron chi connectivity index (χ1n) is 6.65. The van der Waals surface area contributed by atoms with Gasteiger partial charge in [-0.1, -0.05) is 19.1 Å². The molecule has 110 valence electrons. The van der Waals surface area contributed by atoms with Crippen molar-refractivity contribution in [3.8, 4) is 0 Å². The number of nitro groups is 1. The third-order valence-electron chi connectivity index (χ3n) is 2.86. The smallest absolute Gasteiger partial charge is 0.325 e. The Bertz CT molecular complexity index is 488. The van der Waals surface area contributed by atoms with Crippen LogP contribution in [0.4, 0.5) is 11.4 Å². The Labute approximate surface area is 118 Å². The molecular formula is C14H20N2O4. The highest BCUT2D eigenvalue weighted by molar-refractivity contribution is 5.78. The van der Waals surface area contributed by atoms with E-state index in [9.17, 15) is 14.9 Å². The van der Waals surface area contributed by atoms with Gasteiger partial charge in [-0.25, -0.2) is 0 Å². The highest BCUT2D eigenvalue weighted by atomic mass is 16.6. The second-order valence-corrected chi connectivity index (χ2v) is 4.43. The second kappa shape index (κ2) is 7.47.